The maximum Gasteiger partial charge on any atom is 0.338 e. The first kappa shape index (κ1) is 27.0. The van der Waals surface area contributed by atoms with Crippen molar-refractivity contribution in [2.24, 2.45) is 4.99 Å². The van der Waals surface area contributed by atoms with Crippen LogP contribution in [0.2, 0.25) is 0 Å². The number of benzene rings is 3. The molecule has 0 radical (unpaired) electrons. The molecule has 4 aromatic rings. The van der Waals surface area contributed by atoms with Crippen LogP contribution >= 0.6 is 11.3 Å². The quantitative estimate of drug-likeness (QED) is 0.329. The molecule has 3 aromatic carbocycles. The summed E-state index contributed by atoms with van der Waals surface area (Å²) in [6, 6.07) is 19.1. The van der Waals surface area contributed by atoms with Gasteiger partial charge in [0.15, 0.2) is 4.80 Å². The third-order valence-electron chi connectivity index (χ3n) is 7.51. The number of allylic oxidation sites excluding steroid dienone is 1. The van der Waals surface area contributed by atoms with Gasteiger partial charge in [0.2, 0.25) is 0 Å². The molecule has 210 valence electrons. The Morgan fingerprint density at radius 3 is 2.59 bits per heavy atom. The van der Waals surface area contributed by atoms with Gasteiger partial charge in [0, 0.05) is 24.3 Å². The minimum Gasteiger partial charge on any atom is -0.496 e. The lowest BCUT2D eigenvalue weighted by atomic mass is 9.90. The number of carbonyl (C=O) groups excluding carboxylic acids is 1. The van der Waals surface area contributed by atoms with Gasteiger partial charge < -0.3 is 19.1 Å². The number of thiazole rings is 1. The lowest BCUT2D eigenvalue weighted by molar-refractivity contribution is -0.139. The number of methoxy groups -OCH3 is 1. The molecular formula is C32H31N3O5S. The minimum atomic E-state index is -0.766. The number of aromatic nitrogens is 1. The van der Waals surface area contributed by atoms with Crippen molar-refractivity contribution in [1.29, 1.82) is 0 Å². The van der Waals surface area contributed by atoms with Crippen molar-refractivity contribution in [1.82, 2.24) is 4.57 Å². The molecule has 1 aromatic heterocycles. The Labute approximate surface area is 241 Å². The third kappa shape index (κ3) is 4.96. The Kier molecular flexibility index (Phi) is 7.47. The summed E-state index contributed by atoms with van der Waals surface area (Å²) in [7, 11) is 1.60. The summed E-state index contributed by atoms with van der Waals surface area (Å²) in [5.74, 6) is 0.0835. The third-order valence-corrected chi connectivity index (χ3v) is 8.49. The van der Waals surface area contributed by atoms with E-state index in [1.165, 1.54) is 11.3 Å². The number of esters is 1. The molecule has 3 heterocycles. The van der Waals surface area contributed by atoms with Gasteiger partial charge in [-0.1, -0.05) is 53.8 Å². The highest BCUT2D eigenvalue weighted by Crippen LogP contribution is 2.40. The van der Waals surface area contributed by atoms with E-state index in [1.54, 1.807) is 25.5 Å². The standard InChI is InChI=1S/C32H31N3O5S/c1-4-40-31(37)27-20(2)33-32-35(29(27)28-24-8-6-5-7-22(24)11-14-25(28)38-3)30(36)26(41-32)19-21-9-12-23(13-10-21)34-15-17-39-18-16-34/h5-14,19,29H,4,15-18H2,1-3H3/b26-19+/t29-/m1/s1. The van der Waals surface area contributed by atoms with E-state index in [9.17, 15) is 9.59 Å². The summed E-state index contributed by atoms with van der Waals surface area (Å²) in [5.41, 5.74) is 3.39. The predicted molar refractivity (Wildman–Crippen MR) is 160 cm³/mol. The highest BCUT2D eigenvalue weighted by atomic mass is 32.1. The average Bonchev–Trinajstić information content (AvgIpc) is 3.30. The van der Waals surface area contributed by atoms with Crippen molar-refractivity contribution in [3.8, 4) is 5.75 Å². The van der Waals surface area contributed by atoms with Crippen LogP contribution in [0.3, 0.4) is 0 Å². The van der Waals surface area contributed by atoms with Crippen LogP contribution in [-0.4, -0.2) is 50.6 Å². The summed E-state index contributed by atoms with van der Waals surface area (Å²) < 4.78 is 18.9. The van der Waals surface area contributed by atoms with E-state index >= 15 is 0 Å². The number of hydrogen-bond donors (Lipinski definition) is 0. The first-order chi connectivity index (χ1) is 20.0. The second-order valence-corrected chi connectivity index (χ2v) is 10.9. The van der Waals surface area contributed by atoms with Crippen LogP contribution in [0.1, 0.15) is 31.0 Å². The van der Waals surface area contributed by atoms with Crippen LogP contribution in [0.5, 0.6) is 5.75 Å². The van der Waals surface area contributed by atoms with Gasteiger partial charge in [-0.3, -0.25) is 9.36 Å². The Hall–Kier alpha value is -4.21. The molecule has 0 bridgehead atoms. The zero-order valence-electron chi connectivity index (χ0n) is 23.3. The van der Waals surface area contributed by atoms with Crippen LogP contribution in [0.15, 0.2) is 81.7 Å². The predicted octanol–water partition coefficient (Wildman–Crippen LogP) is 3.80. The summed E-state index contributed by atoms with van der Waals surface area (Å²) in [6.07, 6.45) is 1.88. The van der Waals surface area contributed by atoms with E-state index in [-0.39, 0.29) is 12.2 Å². The van der Waals surface area contributed by atoms with E-state index in [0.29, 0.717) is 26.4 Å². The highest BCUT2D eigenvalue weighted by Gasteiger charge is 2.36. The Balaban J connectivity index is 1.53. The van der Waals surface area contributed by atoms with Gasteiger partial charge in [0.05, 0.1) is 42.7 Å². The van der Waals surface area contributed by atoms with Gasteiger partial charge in [-0.05, 0) is 54.5 Å². The Bertz CT molecular complexity index is 1830. The Morgan fingerprint density at radius 2 is 1.85 bits per heavy atom. The monoisotopic (exact) mass is 569 g/mol. The molecule has 0 N–H and O–H groups in total. The van der Waals surface area contributed by atoms with E-state index in [4.69, 9.17) is 19.2 Å². The van der Waals surface area contributed by atoms with Crippen LogP contribution in [0.4, 0.5) is 5.69 Å². The molecule has 0 spiro atoms. The molecule has 2 aliphatic rings. The van der Waals surface area contributed by atoms with E-state index in [2.05, 4.69) is 17.0 Å². The zero-order valence-corrected chi connectivity index (χ0v) is 24.1. The van der Waals surface area contributed by atoms with Crippen molar-refractivity contribution in [2.45, 2.75) is 19.9 Å². The fourth-order valence-electron chi connectivity index (χ4n) is 5.55. The molecule has 1 saturated heterocycles. The number of morpholine rings is 1. The maximum atomic E-state index is 14.1. The van der Waals surface area contributed by atoms with Crippen molar-refractivity contribution >= 4 is 39.8 Å². The molecule has 1 fully saturated rings. The largest absolute Gasteiger partial charge is 0.496 e. The molecule has 41 heavy (non-hydrogen) atoms. The lowest BCUT2D eigenvalue weighted by Crippen LogP contribution is -2.40. The van der Waals surface area contributed by atoms with Crippen molar-refractivity contribution in [3.05, 3.63) is 103 Å². The van der Waals surface area contributed by atoms with Crippen LogP contribution in [0.25, 0.3) is 16.8 Å². The number of fused-ring (bicyclic) bond motifs is 2. The molecule has 1 atom stereocenters. The van der Waals surface area contributed by atoms with Gasteiger partial charge in [-0.15, -0.1) is 0 Å². The number of anilines is 1. The summed E-state index contributed by atoms with van der Waals surface area (Å²) in [6.45, 7) is 6.92. The molecule has 0 unspecified atom stereocenters. The van der Waals surface area contributed by atoms with Gasteiger partial charge in [0.25, 0.3) is 5.56 Å². The van der Waals surface area contributed by atoms with E-state index in [1.807, 2.05) is 54.6 Å². The van der Waals surface area contributed by atoms with Crippen LogP contribution < -0.4 is 24.5 Å². The lowest BCUT2D eigenvalue weighted by Gasteiger charge is -2.28. The van der Waals surface area contributed by atoms with Crippen molar-refractivity contribution in [2.75, 3.05) is 44.9 Å². The summed E-state index contributed by atoms with van der Waals surface area (Å²) in [4.78, 5) is 35.1. The maximum absolute atomic E-state index is 14.1. The Morgan fingerprint density at radius 1 is 1.10 bits per heavy atom. The first-order valence-electron chi connectivity index (χ1n) is 13.7. The van der Waals surface area contributed by atoms with Gasteiger partial charge in [-0.2, -0.15) is 0 Å². The SMILES string of the molecule is CCOC(=O)C1=C(C)N=c2s/c(=C/c3ccc(N4CCOCC4)cc3)c(=O)n2[C@H]1c1c(OC)ccc2ccccc12. The zero-order chi connectivity index (χ0) is 28.5. The fraction of sp³-hybridized carbons (Fsp3) is 0.281. The number of nitrogens with zero attached hydrogens (tertiary/aromatic N) is 3. The molecule has 0 aliphatic carbocycles. The smallest absolute Gasteiger partial charge is 0.338 e. The first-order valence-corrected chi connectivity index (χ1v) is 14.5. The number of carbonyl (C=O) groups is 1. The van der Waals surface area contributed by atoms with Crippen molar-refractivity contribution < 1.29 is 19.0 Å². The molecule has 6 rings (SSSR count). The summed E-state index contributed by atoms with van der Waals surface area (Å²) >= 11 is 1.31. The van der Waals surface area contributed by atoms with E-state index < -0.39 is 12.0 Å². The molecule has 2 aliphatic heterocycles. The normalized spacial score (nSPS) is 17.4. The molecule has 0 amide bonds. The van der Waals surface area contributed by atoms with Gasteiger partial charge >= 0.3 is 5.97 Å². The molecule has 0 saturated carbocycles. The second-order valence-electron chi connectivity index (χ2n) is 9.90. The topological polar surface area (TPSA) is 82.4 Å². The number of hydrogen-bond acceptors (Lipinski definition) is 8. The van der Waals surface area contributed by atoms with E-state index in [0.717, 1.165) is 53.9 Å². The summed E-state index contributed by atoms with van der Waals surface area (Å²) in [5, 5.41) is 1.87. The fourth-order valence-corrected chi connectivity index (χ4v) is 6.60. The molecule has 8 nitrogen and oxygen atoms in total. The molecular weight excluding hydrogens is 538 g/mol. The molecule has 9 heteroatoms. The van der Waals surface area contributed by atoms with Crippen molar-refractivity contribution in [3.63, 3.8) is 0 Å². The number of rotatable bonds is 6. The number of ether oxygens (including phenoxy) is 3. The van der Waals surface area contributed by atoms with Crippen LogP contribution in [-0.2, 0) is 14.3 Å². The second kappa shape index (κ2) is 11.3. The van der Waals surface area contributed by atoms with Crippen LogP contribution in [0, 0.1) is 0 Å². The highest BCUT2D eigenvalue weighted by molar-refractivity contribution is 7.07. The minimum absolute atomic E-state index is 0.208. The van der Waals surface area contributed by atoms with Gasteiger partial charge in [-0.25, -0.2) is 9.79 Å². The average molecular weight is 570 g/mol. The van der Waals surface area contributed by atoms with Gasteiger partial charge in [0.1, 0.15) is 11.8 Å².